The number of rotatable bonds is 8. The fraction of sp³-hybridized carbons (Fsp3) is 0.381. The van der Waals surface area contributed by atoms with Gasteiger partial charge in [-0.1, -0.05) is 30.3 Å². The maximum atomic E-state index is 12.4. The molecule has 8 nitrogen and oxygen atoms in total. The van der Waals surface area contributed by atoms with Crippen LogP contribution in [0.3, 0.4) is 0 Å². The van der Waals surface area contributed by atoms with Crippen molar-refractivity contribution >= 4 is 11.6 Å². The summed E-state index contributed by atoms with van der Waals surface area (Å²) in [6.07, 6.45) is 9.84. The standard InChI is InChI=1S/C21H26N6O2/c22-20(9-17-12-26(15-23-17)11-16-5-2-1-3-6-16)21(28)25-18-10-24-27(13-18)14-19-7-4-8-29-19/h1-3,5-6,10,12-13,15,19-20H,4,7-9,11,14,22H2,(H,25,28)/t19?,20-/m0/s1. The number of benzene rings is 1. The number of carbonyl (C=O) groups excluding carboxylic acids is 1. The third-order valence-electron chi connectivity index (χ3n) is 4.98. The van der Waals surface area contributed by atoms with Gasteiger partial charge >= 0.3 is 0 Å². The quantitative estimate of drug-likeness (QED) is 0.607. The summed E-state index contributed by atoms with van der Waals surface area (Å²) in [6, 6.07) is 9.46. The molecule has 1 aromatic carbocycles. The maximum absolute atomic E-state index is 12.4. The number of amides is 1. The van der Waals surface area contributed by atoms with E-state index in [2.05, 4.69) is 27.5 Å². The number of aromatic nitrogens is 4. The molecule has 4 rings (SSSR count). The molecule has 0 radical (unpaired) electrons. The van der Waals surface area contributed by atoms with Crippen LogP contribution in [0.25, 0.3) is 0 Å². The number of nitrogens with zero attached hydrogens (tertiary/aromatic N) is 4. The molecule has 0 spiro atoms. The fourth-order valence-electron chi connectivity index (χ4n) is 3.47. The van der Waals surface area contributed by atoms with E-state index in [4.69, 9.17) is 10.5 Å². The number of anilines is 1. The summed E-state index contributed by atoms with van der Waals surface area (Å²) in [5.74, 6) is -0.251. The number of carbonyl (C=O) groups is 1. The summed E-state index contributed by atoms with van der Waals surface area (Å²) < 4.78 is 9.40. The van der Waals surface area contributed by atoms with Crippen LogP contribution in [0, 0.1) is 0 Å². The van der Waals surface area contributed by atoms with Gasteiger partial charge in [0, 0.05) is 32.0 Å². The molecular weight excluding hydrogens is 368 g/mol. The van der Waals surface area contributed by atoms with Gasteiger partial charge in [-0.3, -0.25) is 9.48 Å². The monoisotopic (exact) mass is 394 g/mol. The Morgan fingerprint density at radius 1 is 1.31 bits per heavy atom. The van der Waals surface area contributed by atoms with E-state index in [1.807, 2.05) is 29.0 Å². The van der Waals surface area contributed by atoms with Crippen LogP contribution in [0.1, 0.15) is 24.1 Å². The summed E-state index contributed by atoms with van der Waals surface area (Å²) in [6.45, 7) is 2.24. The average Bonchev–Trinajstić information content (AvgIpc) is 3.47. The molecule has 1 saturated heterocycles. The molecule has 1 fully saturated rings. The topological polar surface area (TPSA) is 100.0 Å². The molecule has 1 aliphatic heterocycles. The number of nitrogens with two attached hydrogens (primary N) is 1. The molecule has 8 heteroatoms. The minimum atomic E-state index is -0.684. The Morgan fingerprint density at radius 2 is 2.17 bits per heavy atom. The lowest BCUT2D eigenvalue weighted by molar-refractivity contribution is -0.117. The van der Waals surface area contributed by atoms with Crippen molar-refractivity contribution in [3.05, 3.63) is 66.5 Å². The van der Waals surface area contributed by atoms with Gasteiger partial charge in [0.05, 0.1) is 42.6 Å². The molecule has 152 valence electrons. The highest BCUT2D eigenvalue weighted by Gasteiger charge is 2.18. The first-order valence-electron chi connectivity index (χ1n) is 9.91. The predicted octanol–water partition coefficient (Wildman–Crippen LogP) is 1.82. The second kappa shape index (κ2) is 9.02. The van der Waals surface area contributed by atoms with E-state index in [-0.39, 0.29) is 12.0 Å². The fourth-order valence-corrected chi connectivity index (χ4v) is 3.47. The Hall–Kier alpha value is -2.97. The molecule has 3 N–H and O–H groups in total. The van der Waals surface area contributed by atoms with E-state index in [9.17, 15) is 4.79 Å². The molecule has 2 aromatic heterocycles. The van der Waals surface area contributed by atoms with Gasteiger partial charge < -0.3 is 20.4 Å². The van der Waals surface area contributed by atoms with Crippen molar-refractivity contribution in [1.82, 2.24) is 19.3 Å². The summed E-state index contributed by atoms with van der Waals surface area (Å²) in [5, 5.41) is 7.12. The van der Waals surface area contributed by atoms with Crippen molar-refractivity contribution in [3.63, 3.8) is 0 Å². The van der Waals surface area contributed by atoms with Crippen LogP contribution in [-0.2, 0) is 29.0 Å². The molecule has 3 heterocycles. The second-order valence-corrected chi connectivity index (χ2v) is 7.41. The number of ether oxygens (including phenoxy) is 1. The van der Waals surface area contributed by atoms with Crippen molar-refractivity contribution in [2.75, 3.05) is 11.9 Å². The van der Waals surface area contributed by atoms with Crippen molar-refractivity contribution in [1.29, 1.82) is 0 Å². The molecule has 3 aromatic rings. The number of nitrogens with one attached hydrogen (secondary N) is 1. The van der Waals surface area contributed by atoms with Crippen molar-refractivity contribution in [3.8, 4) is 0 Å². The molecule has 1 amide bonds. The molecule has 29 heavy (non-hydrogen) atoms. The van der Waals surface area contributed by atoms with Crippen LogP contribution in [0.5, 0.6) is 0 Å². The Bertz CT molecular complexity index is 930. The lowest BCUT2D eigenvalue weighted by Crippen LogP contribution is -2.37. The molecule has 0 saturated carbocycles. The molecule has 1 unspecified atom stereocenters. The first kappa shape index (κ1) is 19.4. The van der Waals surface area contributed by atoms with E-state index in [1.54, 1.807) is 23.4 Å². The van der Waals surface area contributed by atoms with Crippen LogP contribution in [0.2, 0.25) is 0 Å². The zero-order valence-electron chi connectivity index (χ0n) is 16.3. The highest BCUT2D eigenvalue weighted by atomic mass is 16.5. The van der Waals surface area contributed by atoms with Gasteiger partial charge in [-0.15, -0.1) is 0 Å². The third kappa shape index (κ3) is 5.30. The van der Waals surface area contributed by atoms with E-state index in [1.165, 1.54) is 5.56 Å². The number of hydrogen-bond donors (Lipinski definition) is 2. The van der Waals surface area contributed by atoms with Crippen LogP contribution in [-0.4, -0.2) is 44.0 Å². The van der Waals surface area contributed by atoms with Gasteiger partial charge in [-0.05, 0) is 18.4 Å². The summed E-state index contributed by atoms with van der Waals surface area (Å²) in [4.78, 5) is 16.8. The van der Waals surface area contributed by atoms with Crippen LogP contribution in [0.15, 0.2) is 55.2 Å². The predicted molar refractivity (Wildman–Crippen MR) is 109 cm³/mol. The first-order chi connectivity index (χ1) is 14.2. The van der Waals surface area contributed by atoms with Gasteiger partial charge in [-0.25, -0.2) is 4.98 Å². The van der Waals surface area contributed by atoms with Crippen LogP contribution in [0.4, 0.5) is 5.69 Å². The van der Waals surface area contributed by atoms with Gasteiger partial charge in [0.25, 0.3) is 0 Å². The average molecular weight is 394 g/mol. The van der Waals surface area contributed by atoms with Crippen LogP contribution >= 0.6 is 0 Å². The van der Waals surface area contributed by atoms with Crippen molar-refractivity contribution in [2.24, 2.45) is 5.73 Å². The molecule has 1 aliphatic rings. The minimum Gasteiger partial charge on any atom is -0.376 e. The summed E-state index contributed by atoms with van der Waals surface area (Å²) in [7, 11) is 0. The highest BCUT2D eigenvalue weighted by molar-refractivity contribution is 5.94. The molecule has 2 atom stereocenters. The van der Waals surface area contributed by atoms with E-state index >= 15 is 0 Å². The Balaban J connectivity index is 1.28. The number of imidazole rings is 1. The van der Waals surface area contributed by atoms with E-state index in [0.717, 1.165) is 31.7 Å². The Morgan fingerprint density at radius 3 is 2.97 bits per heavy atom. The summed E-state index contributed by atoms with van der Waals surface area (Å²) >= 11 is 0. The first-order valence-corrected chi connectivity index (χ1v) is 9.91. The third-order valence-corrected chi connectivity index (χ3v) is 4.98. The Labute approximate surface area is 169 Å². The zero-order valence-corrected chi connectivity index (χ0v) is 16.3. The van der Waals surface area contributed by atoms with Gasteiger partial charge in [0.1, 0.15) is 0 Å². The van der Waals surface area contributed by atoms with Crippen LogP contribution < -0.4 is 11.1 Å². The second-order valence-electron chi connectivity index (χ2n) is 7.41. The highest BCUT2D eigenvalue weighted by Crippen LogP contribution is 2.15. The summed E-state index contributed by atoms with van der Waals surface area (Å²) in [5.41, 5.74) is 8.71. The van der Waals surface area contributed by atoms with E-state index < -0.39 is 6.04 Å². The smallest absolute Gasteiger partial charge is 0.241 e. The van der Waals surface area contributed by atoms with E-state index in [0.29, 0.717) is 18.7 Å². The van der Waals surface area contributed by atoms with Crippen molar-refractivity contribution < 1.29 is 9.53 Å². The zero-order chi connectivity index (χ0) is 20.1. The largest absolute Gasteiger partial charge is 0.376 e. The normalized spacial score (nSPS) is 17.3. The minimum absolute atomic E-state index is 0.201. The SMILES string of the molecule is N[C@@H](Cc1cn(Cc2ccccc2)cn1)C(=O)Nc1cnn(CC2CCCO2)c1. The molecule has 0 bridgehead atoms. The lowest BCUT2D eigenvalue weighted by Gasteiger charge is -2.10. The van der Waals surface area contributed by atoms with Gasteiger partial charge in [0.2, 0.25) is 5.91 Å². The van der Waals surface area contributed by atoms with Gasteiger partial charge in [0.15, 0.2) is 0 Å². The molecular formula is C21H26N6O2. The lowest BCUT2D eigenvalue weighted by atomic mass is 10.1. The molecule has 0 aliphatic carbocycles. The van der Waals surface area contributed by atoms with Gasteiger partial charge in [-0.2, -0.15) is 5.10 Å². The maximum Gasteiger partial charge on any atom is 0.241 e. The number of hydrogen-bond acceptors (Lipinski definition) is 5. The van der Waals surface area contributed by atoms with Crippen molar-refractivity contribution in [2.45, 2.75) is 44.5 Å². The Kier molecular flexibility index (Phi) is 6.02.